The van der Waals surface area contributed by atoms with Gasteiger partial charge in [0.2, 0.25) is 0 Å². The first-order valence-electron chi connectivity index (χ1n) is 5.58. The molecule has 0 amide bonds. The minimum Gasteiger partial charge on any atom is -0.0798 e. The molecule has 1 aromatic rings. The highest BCUT2D eigenvalue weighted by Gasteiger charge is 1.97. The average molecular weight is 200 g/mol. The Morgan fingerprint density at radius 3 is 2.60 bits per heavy atom. The Morgan fingerprint density at radius 1 is 1.33 bits per heavy atom. The van der Waals surface area contributed by atoms with Gasteiger partial charge in [-0.2, -0.15) is 0 Å². The molecule has 0 radical (unpaired) electrons. The molecule has 0 fully saturated rings. The predicted octanol–water partition coefficient (Wildman–Crippen LogP) is 4.75. The second-order valence-corrected chi connectivity index (χ2v) is 3.96. The van der Waals surface area contributed by atoms with Crippen LogP contribution in [-0.4, -0.2) is 0 Å². The van der Waals surface area contributed by atoms with Crippen LogP contribution in [0, 0.1) is 6.92 Å². The molecule has 15 heavy (non-hydrogen) atoms. The zero-order valence-electron chi connectivity index (χ0n) is 10.2. The van der Waals surface area contributed by atoms with Crippen LogP contribution in [0.4, 0.5) is 0 Å². The van der Waals surface area contributed by atoms with E-state index in [2.05, 4.69) is 64.1 Å². The van der Waals surface area contributed by atoms with Crippen LogP contribution >= 0.6 is 0 Å². The molecule has 0 saturated heterocycles. The Bertz CT molecular complexity index is 381. The van der Waals surface area contributed by atoms with Crippen molar-refractivity contribution >= 4 is 5.57 Å². The molecule has 1 rings (SSSR count). The molecule has 0 aromatic heterocycles. The summed E-state index contributed by atoms with van der Waals surface area (Å²) in [5.74, 6) is 0. The summed E-state index contributed by atoms with van der Waals surface area (Å²) in [4.78, 5) is 0. The van der Waals surface area contributed by atoms with Crippen molar-refractivity contribution in [3.05, 3.63) is 53.1 Å². The van der Waals surface area contributed by atoms with Crippen molar-refractivity contribution in [2.45, 2.75) is 34.1 Å². The topological polar surface area (TPSA) is 0 Å². The summed E-state index contributed by atoms with van der Waals surface area (Å²) >= 11 is 0. The number of hydrogen-bond acceptors (Lipinski definition) is 0. The summed E-state index contributed by atoms with van der Waals surface area (Å²) in [5, 5.41) is 0. The molecule has 1 aromatic carbocycles. The van der Waals surface area contributed by atoms with E-state index >= 15 is 0 Å². The fraction of sp³-hybridized carbons (Fsp3) is 0.333. The Balaban J connectivity index is 3.04. The van der Waals surface area contributed by atoms with Crippen molar-refractivity contribution in [2.75, 3.05) is 0 Å². The fourth-order valence-corrected chi connectivity index (χ4v) is 1.53. The third-order valence-corrected chi connectivity index (χ3v) is 2.62. The van der Waals surface area contributed by atoms with Crippen LogP contribution in [-0.2, 0) is 0 Å². The van der Waals surface area contributed by atoms with Crippen molar-refractivity contribution in [2.24, 2.45) is 0 Å². The van der Waals surface area contributed by atoms with Crippen LogP contribution in [0.5, 0.6) is 0 Å². The van der Waals surface area contributed by atoms with Gasteiger partial charge in [-0.05, 0) is 38.3 Å². The van der Waals surface area contributed by atoms with Gasteiger partial charge < -0.3 is 0 Å². The average Bonchev–Trinajstić information content (AvgIpc) is 2.25. The van der Waals surface area contributed by atoms with Gasteiger partial charge in [0.25, 0.3) is 0 Å². The van der Waals surface area contributed by atoms with E-state index in [-0.39, 0.29) is 0 Å². The number of hydrogen-bond donors (Lipinski definition) is 0. The van der Waals surface area contributed by atoms with E-state index in [1.165, 1.54) is 22.3 Å². The summed E-state index contributed by atoms with van der Waals surface area (Å²) in [5.41, 5.74) is 5.36. The lowest BCUT2D eigenvalue weighted by Crippen LogP contribution is -1.83. The summed E-state index contributed by atoms with van der Waals surface area (Å²) in [6, 6.07) is 8.65. The normalized spacial score (nSPS) is 13.1. The smallest absolute Gasteiger partial charge is 0.0185 e. The van der Waals surface area contributed by atoms with Crippen molar-refractivity contribution in [3.63, 3.8) is 0 Å². The molecule has 0 bridgehead atoms. The molecular formula is C15H20. The zero-order valence-corrected chi connectivity index (χ0v) is 10.2. The summed E-state index contributed by atoms with van der Waals surface area (Å²) in [6.45, 7) is 8.60. The van der Waals surface area contributed by atoms with Crippen molar-refractivity contribution in [1.29, 1.82) is 0 Å². The summed E-state index contributed by atoms with van der Waals surface area (Å²) in [6.07, 6.45) is 5.56. The van der Waals surface area contributed by atoms with Gasteiger partial charge >= 0.3 is 0 Å². The van der Waals surface area contributed by atoms with Gasteiger partial charge in [0, 0.05) is 0 Å². The molecule has 0 N–H and O–H groups in total. The van der Waals surface area contributed by atoms with Gasteiger partial charge in [-0.25, -0.2) is 0 Å². The molecule has 0 heterocycles. The van der Waals surface area contributed by atoms with E-state index in [9.17, 15) is 0 Å². The molecule has 0 atom stereocenters. The Kier molecular flexibility index (Phi) is 4.36. The maximum atomic E-state index is 2.27. The van der Waals surface area contributed by atoms with Crippen LogP contribution in [0.3, 0.4) is 0 Å². The lowest BCUT2D eigenvalue weighted by atomic mass is 10.0. The third kappa shape index (κ3) is 3.39. The lowest BCUT2D eigenvalue weighted by Gasteiger charge is -2.05. The number of allylic oxidation sites excluding steroid dienone is 4. The van der Waals surface area contributed by atoms with Crippen molar-refractivity contribution < 1.29 is 0 Å². The second kappa shape index (κ2) is 5.55. The number of aryl methyl sites for hydroxylation is 1. The van der Waals surface area contributed by atoms with Crippen LogP contribution in [0.25, 0.3) is 5.57 Å². The molecule has 0 saturated carbocycles. The lowest BCUT2D eigenvalue weighted by molar-refractivity contribution is 1.10. The second-order valence-electron chi connectivity index (χ2n) is 3.96. The highest BCUT2D eigenvalue weighted by Crippen LogP contribution is 2.19. The Morgan fingerprint density at radius 2 is 2.07 bits per heavy atom. The van der Waals surface area contributed by atoms with Crippen LogP contribution in [0.2, 0.25) is 0 Å². The van der Waals surface area contributed by atoms with Gasteiger partial charge in [0.05, 0.1) is 0 Å². The molecule has 80 valence electrons. The third-order valence-electron chi connectivity index (χ3n) is 2.62. The minimum atomic E-state index is 1.11. The zero-order chi connectivity index (χ0) is 11.3. The predicted molar refractivity (Wildman–Crippen MR) is 68.9 cm³/mol. The fourth-order valence-electron chi connectivity index (χ4n) is 1.53. The molecule has 0 nitrogen and oxygen atoms in total. The summed E-state index contributed by atoms with van der Waals surface area (Å²) in [7, 11) is 0. The standard InChI is InChI=1S/C15H20/c1-5-12(3)10-14(6-2)15-9-7-8-13(4)11-15/h6-11H,5H2,1-4H3/b12-10-,14-6+. The van der Waals surface area contributed by atoms with Gasteiger partial charge in [-0.3, -0.25) is 0 Å². The highest BCUT2D eigenvalue weighted by atomic mass is 14.0. The van der Waals surface area contributed by atoms with Crippen molar-refractivity contribution in [3.8, 4) is 0 Å². The van der Waals surface area contributed by atoms with Gasteiger partial charge in [-0.15, -0.1) is 0 Å². The molecule has 0 spiro atoms. The number of rotatable bonds is 3. The maximum Gasteiger partial charge on any atom is -0.0185 e. The first kappa shape index (κ1) is 11.8. The molecular weight excluding hydrogens is 180 g/mol. The first-order chi connectivity index (χ1) is 7.17. The van der Waals surface area contributed by atoms with Crippen LogP contribution < -0.4 is 0 Å². The van der Waals surface area contributed by atoms with Gasteiger partial charge in [0.1, 0.15) is 0 Å². The van der Waals surface area contributed by atoms with E-state index in [0.717, 1.165) is 6.42 Å². The van der Waals surface area contributed by atoms with Crippen LogP contribution in [0.1, 0.15) is 38.3 Å². The SMILES string of the molecule is C/C=C(\C=C(\C)CC)c1cccc(C)c1. The Labute approximate surface area is 93.3 Å². The van der Waals surface area contributed by atoms with E-state index in [4.69, 9.17) is 0 Å². The quantitative estimate of drug-likeness (QED) is 0.617. The summed E-state index contributed by atoms with van der Waals surface area (Å²) < 4.78 is 0. The molecule has 0 aliphatic rings. The highest BCUT2D eigenvalue weighted by molar-refractivity contribution is 5.74. The van der Waals surface area contributed by atoms with Crippen molar-refractivity contribution in [1.82, 2.24) is 0 Å². The van der Waals surface area contributed by atoms with E-state index in [1.54, 1.807) is 0 Å². The minimum absolute atomic E-state index is 1.11. The van der Waals surface area contributed by atoms with Gasteiger partial charge in [0.15, 0.2) is 0 Å². The Hall–Kier alpha value is -1.30. The van der Waals surface area contributed by atoms with E-state index in [0.29, 0.717) is 0 Å². The number of benzene rings is 1. The largest absolute Gasteiger partial charge is 0.0798 e. The monoisotopic (exact) mass is 200 g/mol. The first-order valence-corrected chi connectivity index (χ1v) is 5.58. The molecule has 0 aliphatic heterocycles. The molecule has 0 heteroatoms. The van der Waals surface area contributed by atoms with E-state index < -0.39 is 0 Å². The molecule has 0 aliphatic carbocycles. The van der Waals surface area contributed by atoms with Gasteiger partial charge in [-0.1, -0.05) is 54.5 Å². The van der Waals surface area contributed by atoms with E-state index in [1.807, 2.05) is 0 Å². The maximum absolute atomic E-state index is 2.27. The van der Waals surface area contributed by atoms with Crippen LogP contribution in [0.15, 0.2) is 42.0 Å². The molecule has 0 unspecified atom stereocenters.